The molecular weight excluding hydrogens is 338 g/mol. The number of rotatable bonds is 3. The molecule has 5 nitrogen and oxygen atoms in total. The number of halogens is 1. The first-order valence-electron chi connectivity index (χ1n) is 8.62. The van der Waals surface area contributed by atoms with Gasteiger partial charge in [0.05, 0.1) is 11.3 Å². The highest BCUT2D eigenvalue weighted by Crippen LogP contribution is 2.37. The van der Waals surface area contributed by atoms with Gasteiger partial charge in [-0.1, -0.05) is 43.6 Å². The molecule has 0 unspecified atom stereocenters. The summed E-state index contributed by atoms with van der Waals surface area (Å²) in [4.78, 5) is 14.6. The Morgan fingerprint density at radius 2 is 1.92 bits per heavy atom. The maximum absolute atomic E-state index is 12.8. The van der Waals surface area contributed by atoms with Crippen LogP contribution in [0.5, 0.6) is 0 Å². The number of hydrogen-bond donors (Lipinski definition) is 1. The smallest absolute Gasteiger partial charge is 0.272 e. The topological polar surface area (TPSA) is 58.4 Å². The van der Waals surface area contributed by atoms with Crippen molar-refractivity contribution >= 4 is 17.5 Å². The van der Waals surface area contributed by atoms with Gasteiger partial charge >= 0.3 is 0 Å². The Morgan fingerprint density at radius 3 is 2.48 bits per heavy atom. The van der Waals surface area contributed by atoms with E-state index < -0.39 is 5.60 Å². The second-order valence-electron chi connectivity index (χ2n) is 7.04. The molecule has 2 heterocycles. The minimum absolute atomic E-state index is 0.0388. The van der Waals surface area contributed by atoms with Crippen LogP contribution in [0.4, 0.5) is 0 Å². The molecule has 0 atom stereocenters. The van der Waals surface area contributed by atoms with E-state index in [0.29, 0.717) is 36.6 Å². The summed E-state index contributed by atoms with van der Waals surface area (Å²) < 4.78 is 1.65. The largest absolute Gasteiger partial charge is 0.385 e. The summed E-state index contributed by atoms with van der Waals surface area (Å²) in [7, 11) is 1.79. The van der Waals surface area contributed by atoms with E-state index in [9.17, 15) is 9.90 Å². The lowest BCUT2D eigenvalue weighted by Gasteiger charge is -2.38. The standard InChI is InChI=1S/C19H24ClN3O2/c1-13(2)16-12-17(22(3)21-16)18(24)23-10-8-19(25,9-11-23)14-6-4-5-7-15(14)20/h4-7,12-13,25H,8-11H2,1-3H3. The SMILES string of the molecule is CC(C)c1cc(C(=O)N2CCC(O)(c3ccccc3Cl)CC2)n(C)n1. The summed E-state index contributed by atoms with van der Waals surface area (Å²) in [6.45, 7) is 5.09. The Bertz CT molecular complexity index is 777. The minimum atomic E-state index is -0.981. The lowest BCUT2D eigenvalue weighted by atomic mass is 9.84. The molecule has 0 aliphatic carbocycles. The highest BCUT2D eigenvalue weighted by Gasteiger charge is 2.37. The predicted octanol–water partition coefficient (Wildman–Crippen LogP) is 3.32. The maximum Gasteiger partial charge on any atom is 0.272 e. The molecular formula is C19H24ClN3O2. The van der Waals surface area contributed by atoms with Gasteiger partial charge in [0.1, 0.15) is 5.69 Å². The molecule has 1 saturated heterocycles. The Hall–Kier alpha value is -1.85. The van der Waals surface area contributed by atoms with Gasteiger partial charge in [0.25, 0.3) is 5.91 Å². The fourth-order valence-electron chi connectivity index (χ4n) is 3.32. The molecule has 0 bridgehead atoms. The van der Waals surface area contributed by atoms with E-state index in [1.54, 1.807) is 22.7 Å². The van der Waals surface area contributed by atoms with Crippen LogP contribution in [0, 0.1) is 0 Å². The molecule has 0 spiro atoms. The highest BCUT2D eigenvalue weighted by atomic mass is 35.5. The van der Waals surface area contributed by atoms with Gasteiger partial charge in [-0.25, -0.2) is 0 Å². The average Bonchev–Trinajstić information content (AvgIpc) is 2.97. The van der Waals surface area contributed by atoms with Crippen molar-refractivity contribution in [3.63, 3.8) is 0 Å². The number of carbonyl (C=O) groups excluding carboxylic acids is 1. The molecule has 1 N–H and O–H groups in total. The Labute approximate surface area is 153 Å². The summed E-state index contributed by atoms with van der Waals surface area (Å²) in [6, 6.07) is 9.23. The van der Waals surface area contributed by atoms with Crippen LogP contribution >= 0.6 is 11.6 Å². The number of hydrogen-bond acceptors (Lipinski definition) is 3. The number of nitrogens with zero attached hydrogens (tertiary/aromatic N) is 3. The lowest BCUT2D eigenvalue weighted by molar-refractivity contribution is -0.0212. The number of benzene rings is 1. The lowest BCUT2D eigenvalue weighted by Crippen LogP contribution is -2.45. The van der Waals surface area contributed by atoms with Crippen molar-refractivity contribution in [1.82, 2.24) is 14.7 Å². The van der Waals surface area contributed by atoms with Crippen LogP contribution in [0.15, 0.2) is 30.3 Å². The minimum Gasteiger partial charge on any atom is -0.385 e. The third-order valence-corrected chi connectivity index (χ3v) is 5.29. The Morgan fingerprint density at radius 1 is 1.28 bits per heavy atom. The maximum atomic E-state index is 12.8. The molecule has 1 amide bonds. The summed E-state index contributed by atoms with van der Waals surface area (Å²) in [5.74, 6) is 0.238. The second kappa shape index (κ2) is 6.81. The number of aryl methyl sites for hydroxylation is 1. The summed E-state index contributed by atoms with van der Waals surface area (Å²) >= 11 is 6.24. The number of piperidine rings is 1. The number of aliphatic hydroxyl groups is 1. The van der Waals surface area contributed by atoms with E-state index in [4.69, 9.17) is 11.6 Å². The van der Waals surface area contributed by atoms with Crippen LogP contribution in [-0.2, 0) is 12.6 Å². The molecule has 1 aromatic carbocycles. The van der Waals surface area contributed by atoms with Crippen LogP contribution in [-0.4, -0.2) is 38.8 Å². The second-order valence-corrected chi connectivity index (χ2v) is 7.44. The van der Waals surface area contributed by atoms with Crippen molar-refractivity contribution in [3.05, 3.63) is 52.3 Å². The van der Waals surface area contributed by atoms with E-state index in [-0.39, 0.29) is 11.8 Å². The van der Waals surface area contributed by atoms with Crippen LogP contribution in [0.1, 0.15) is 54.4 Å². The van der Waals surface area contributed by atoms with Crippen molar-refractivity contribution in [2.75, 3.05) is 13.1 Å². The van der Waals surface area contributed by atoms with Crippen molar-refractivity contribution in [2.45, 2.75) is 38.2 Å². The summed E-state index contributed by atoms with van der Waals surface area (Å²) in [5.41, 5.74) is 1.26. The third-order valence-electron chi connectivity index (χ3n) is 4.96. The molecule has 25 heavy (non-hydrogen) atoms. The summed E-state index contributed by atoms with van der Waals surface area (Å²) in [5, 5.41) is 16.0. The van der Waals surface area contributed by atoms with Crippen LogP contribution in [0.2, 0.25) is 5.02 Å². The predicted molar refractivity (Wildman–Crippen MR) is 97.8 cm³/mol. The number of aromatic nitrogens is 2. The van der Waals surface area contributed by atoms with Crippen LogP contribution in [0.25, 0.3) is 0 Å². The molecule has 1 aliphatic rings. The molecule has 0 radical (unpaired) electrons. The normalized spacial score (nSPS) is 17.1. The van der Waals surface area contributed by atoms with Crippen LogP contribution < -0.4 is 0 Å². The van der Waals surface area contributed by atoms with Crippen molar-refractivity contribution < 1.29 is 9.90 Å². The van der Waals surface area contributed by atoms with Gasteiger partial charge < -0.3 is 10.0 Å². The molecule has 134 valence electrons. The van der Waals surface area contributed by atoms with Crippen molar-refractivity contribution in [3.8, 4) is 0 Å². The highest BCUT2D eigenvalue weighted by molar-refractivity contribution is 6.31. The number of carbonyl (C=O) groups is 1. The first kappa shape index (κ1) is 18.0. The molecule has 1 aromatic heterocycles. The number of amides is 1. The summed E-state index contributed by atoms with van der Waals surface area (Å²) in [6.07, 6.45) is 0.939. The van der Waals surface area contributed by atoms with Gasteiger partial charge in [0.15, 0.2) is 0 Å². The fraction of sp³-hybridized carbons (Fsp3) is 0.474. The van der Waals surface area contributed by atoms with Gasteiger partial charge in [0.2, 0.25) is 0 Å². The van der Waals surface area contributed by atoms with E-state index in [1.807, 2.05) is 24.3 Å². The third kappa shape index (κ3) is 3.44. The van der Waals surface area contributed by atoms with E-state index in [1.165, 1.54) is 0 Å². The Kier molecular flexibility index (Phi) is 4.89. The van der Waals surface area contributed by atoms with Gasteiger partial charge in [-0.2, -0.15) is 5.10 Å². The molecule has 1 aliphatic heterocycles. The monoisotopic (exact) mass is 361 g/mol. The zero-order valence-corrected chi connectivity index (χ0v) is 15.6. The van der Waals surface area contributed by atoms with Crippen molar-refractivity contribution in [1.29, 1.82) is 0 Å². The van der Waals surface area contributed by atoms with Crippen LogP contribution in [0.3, 0.4) is 0 Å². The Balaban J connectivity index is 1.74. The number of likely N-dealkylation sites (tertiary alicyclic amines) is 1. The van der Waals surface area contributed by atoms with Gasteiger partial charge in [-0.15, -0.1) is 0 Å². The van der Waals surface area contributed by atoms with Gasteiger partial charge in [-0.3, -0.25) is 9.48 Å². The van der Waals surface area contributed by atoms with Crippen molar-refractivity contribution in [2.24, 2.45) is 7.05 Å². The fourth-order valence-corrected chi connectivity index (χ4v) is 3.63. The quantitative estimate of drug-likeness (QED) is 0.912. The molecule has 2 aromatic rings. The molecule has 1 fully saturated rings. The van der Waals surface area contributed by atoms with Gasteiger partial charge in [-0.05, 0) is 30.9 Å². The van der Waals surface area contributed by atoms with E-state index in [2.05, 4.69) is 18.9 Å². The zero-order valence-electron chi connectivity index (χ0n) is 14.9. The first-order chi connectivity index (χ1) is 11.8. The molecule has 3 rings (SSSR count). The average molecular weight is 362 g/mol. The zero-order chi connectivity index (χ0) is 18.2. The molecule has 0 saturated carbocycles. The first-order valence-corrected chi connectivity index (χ1v) is 9.00. The van der Waals surface area contributed by atoms with E-state index in [0.717, 1.165) is 11.3 Å². The molecule has 6 heteroatoms. The van der Waals surface area contributed by atoms with E-state index >= 15 is 0 Å². The van der Waals surface area contributed by atoms with Gasteiger partial charge in [0, 0.05) is 30.7 Å².